The predicted octanol–water partition coefficient (Wildman–Crippen LogP) is 1.45. The highest BCUT2D eigenvalue weighted by molar-refractivity contribution is 5.91. The largest absolute Gasteiger partial charge is 0.504 e. The molecule has 0 saturated carbocycles. The first-order valence-electron chi connectivity index (χ1n) is 6.00. The lowest BCUT2D eigenvalue weighted by Gasteiger charge is -2.03. The van der Waals surface area contributed by atoms with E-state index in [-0.39, 0.29) is 11.7 Å². The summed E-state index contributed by atoms with van der Waals surface area (Å²) in [5, 5.41) is 18.9. The average Bonchev–Trinajstić information content (AvgIpc) is 2.96. The van der Waals surface area contributed by atoms with Gasteiger partial charge in [0.2, 0.25) is 5.91 Å². The van der Waals surface area contributed by atoms with Crippen LogP contribution in [0, 0.1) is 0 Å². The van der Waals surface area contributed by atoms with Crippen molar-refractivity contribution in [3.63, 3.8) is 0 Å². The highest BCUT2D eigenvalue weighted by atomic mass is 16.5. The summed E-state index contributed by atoms with van der Waals surface area (Å²) in [6.07, 6.45) is 4.64. The third kappa shape index (κ3) is 3.61. The number of nitrogens with zero attached hydrogens (tertiary/aromatic N) is 1. The minimum Gasteiger partial charge on any atom is -0.504 e. The maximum Gasteiger partial charge on any atom is 0.244 e. The number of carbonyl (C=O) groups excluding carboxylic acids is 1. The molecule has 1 heterocycles. The Labute approximate surface area is 116 Å². The number of carbonyl (C=O) groups is 1. The summed E-state index contributed by atoms with van der Waals surface area (Å²) >= 11 is 0. The molecule has 0 unspecified atom stereocenters. The van der Waals surface area contributed by atoms with E-state index in [1.165, 1.54) is 19.3 Å². The summed E-state index contributed by atoms with van der Waals surface area (Å²) in [7, 11) is 1.48. The van der Waals surface area contributed by atoms with E-state index in [0.717, 1.165) is 5.69 Å². The van der Waals surface area contributed by atoms with Crippen LogP contribution >= 0.6 is 0 Å². The Balaban J connectivity index is 1.91. The number of amides is 1. The average molecular weight is 273 g/mol. The molecule has 0 aliphatic rings. The van der Waals surface area contributed by atoms with Crippen LogP contribution in [-0.2, 0) is 11.3 Å². The molecule has 0 aliphatic heterocycles. The lowest BCUT2D eigenvalue weighted by Crippen LogP contribution is -2.20. The van der Waals surface area contributed by atoms with Crippen molar-refractivity contribution in [2.75, 3.05) is 7.11 Å². The van der Waals surface area contributed by atoms with Crippen LogP contribution in [0.4, 0.5) is 0 Å². The standard InChI is InChI=1S/C14H15N3O3/c1-20-13-4-2-10(8-12(13)18)3-5-14(19)15-9-11-6-7-16-17-11/h2-8,18H,9H2,1H3,(H,15,19)(H,16,17). The van der Waals surface area contributed by atoms with Gasteiger partial charge in [0.25, 0.3) is 0 Å². The van der Waals surface area contributed by atoms with Gasteiger partial charge in [-0.05, 0) is 29.8 Å². The Morgan fingerprint density at radius 1 is 1.50 bits per heavy atom. The van der Waals surface area contributed by atoms with Crippen LogP contribution in [0.25, 0.3) is 6.08 Å². The number of phenolic OH excluding ortho intramolecular Hbond substituents is 1. The van der Waals surface area contributed by atoms with Crippen LogP contribution in [0.2, 0.25) is 0 Å². The molecule has 0 spiro atoms. The van der Waals surface area contributed by atoms with Gasteiger partial charge in [-0.3, -0.25) is 9.89 Å². The fraction of sp³-hybridized carbons (Fsp3) is 0.143. The fourth-order valence-electron chi connectivity index (χ4n) is 1.61. The van der Waals surface area contributed by atoms with Crippen molar-refractivity contribution in [1.82, 2.24) is 15.5 Å². The van der Waals surface area contributed by atoms with Crippen LogP contribution in [0.3, 0.4) is 0 Å². The SMILES string of the molecule is COc1ccc(C=CC(=O)NCc2ccn[nH]2)cc1O. The Morgan fingerprint density at radius 2 is 2.35 bits per heavy atom. The van der Waals surface area contributed by atoms with Crippen molar-refractivity contribution in [1.29, 1.82) is 0 Å². The van der Waals surface area contributed by atoms with Crippen LogP contribution < -0.4 is 10.1 Å². The quantitative estimate of drug-likeness (QED) is 0.720. The van der Waals surface area contributed by atoms with Crippen molar-refractivity contribution in [3.8, 4) is 11.5 Å². The van der Waals surface area contributed by atoms with E-state index in [2.05, 4.69) is 15.5 Å². The van der Waals surface area contributed by atoms with Crippen molar-refractivity contribution in [2.24, 2.45) is 0 Å². The monoisotopic (exact) mass is 273 g/mol. The molecule has 0 atom stereocenters. The van der Waals surface area contributed by atoms with Crippen LogP contribution in [-0.4, -0.2) is 28.3 Å². The number of rotatable bonds is 5. The third-order valence-electron chi connectivity index (χ3n) is 2.64. The summed E-state index contributed by atoms with van der Waals surface area (Å²) in [5.41, 5.74) is 1.54. The van der Waals surface area contributed by atoms with Gasteiger partial charge in [0.1, 0.15) is 0 Å². The molecule has 0 saturated heterocycles. The number of ether oxygens (including phenoxy) is 1. The number of aromatic amines is 1. The van der Waals surface area contributed by atoms with Gasteiger partial charge < -0.3 is 15.2 Å². The molecule has 0 fully saturated rings. The van der Waals surface area contributed by atoms with Crippen LogP contribution in [0.5, 0.6) is 11.5 Å². The molecule has 20 heavy (non-hydrogen) atoms. The molecule has 2 aromatic rings. The van der Waals surface area contributed by atoms with Crippen molar-refractivity contribution in [3.05, 3.63) is 47.8 Å². The molecule has 104 valence electrons. The summed E-state index contributed by atoms with van der Waals surface area (Å²) in [4.78, 5) is 11.6. The molecule has 0 aliphatic carbocycles. The summed E-state index contributed by atoms with van der Waals surface area (Å²) in [6.45, 7) is 0.386. The van der Waals surface area contributed by atoms with Crippen molar-refractivity contribution < 1.29 is 14.6 Å². The Hall–Kier alpha value is -2.76. The zero-order chi connectivity index (χ0) is 14.4. The molecule has 6 heteroatoms. The number of H-pyrrole nitrogens is 1. The van der Waals surface area contributed by atoms with Gasteiger partial charge in [-0.25, -0.2) is 0 Å². The summed E-state index contributed by atoms with van der Waals surface area (Å²) < 4.78 is 4.94. The van der Waals surface area contributed by atoms with Crippen molar-refractivity contribution >= 4 is 12.0 Å². The first kappa shape index (κ1) is 13.7. The number of aromatic hydroxyl groups is 1. The number of methoxy groups -OCH3 is 1. The molecule has 2 rings (SSSR count). The lowest BCUT2D eigenvalue weighted by atomic mass is 10.2. The van der Waals surface area contributed by atoms with Gasteiger partial charge in [0.15, 0.2) is 11.5 Å². The topological polar surface area (TPSA) is 87.2 Å². The summed E-state index contributed by atoms with van der Waals surface area (Å²) in [5.74, 6) is 0.202. The number of aromatic nitrogens is 2. The van der Waals surface area contributed by atoms with Gasteiger partial charge in [0.05, 0.1) is 19.3 Å². The van der Waals surface area contributed by atoms with E-state index < -0.39 is 0 Å². The molecule has 0 radical (unpaired) electrons. The molecule has 6 nitrogen and oxygen atoms in total. The maximum atomic E-state index is 11.6. The Bertz CT molecular complexity index is 606. The highest BCUT2D eigenvalue weighted by Gasteiger charge is 2.01. The van der Waals surface area contributed by atoms with E-state index in [0.29, 0.717) is 17.9 Å². The van der Waals surface area contributed by atoms with E-state index >= 15 is 0 Å². The predicted molar refractivity (Wildman–Crippen MR) is 74.1 cm³/mol. The number of nitrogens with one attached hydrogen (secondary N) is 2. The molecule has 1 aromatic heterocycles. The van der Waals surface area contributed by atoms with Crippen molar-refractivity contribution in [2.45, 2.75) is 6.54 Å². The van der Waals surface area contributed by atoms with Gasteiger partial charge in [-0.1, -0.05) is 6.07 Å². The lowest BCUT2D eigenvalue weighted by molar-refractivity contribution is -0.116. The van der Waals surface area contributed by atoms with E-state index in [4.69, 9.17) is 4.74 Å². The molecule has 1 aromatic carbocycles. The second-order valence-corrected chi connectivity index (χ2v) is 4.06. The number of phenols is 1. The Morgan fingerprint density at radius 3 is 3.00 bits per heavy atom. The number of hydrogen-bond donors (Lipinski definition) is 3. The second-order valence-electron chi connectivity index (χ2n) is 4.06. The van der Waals surface area contributed by atoms with E-state index in [1.807, 2.05) is 0 Å². The smallest absolute Gasteiger partial charge is 0.244 e. The van der Waals surface area contributed by atoms with E-state index in [1.54, 1.807) is 30.5 Å². The number of benzene rings is 1. The number of hydrogen-bond acceptors (Lipinski definition) is 4. The molecule has 0 bridgehead atoms. The summed E-state index contributed by atoms with van der Waals surface area (Å²) in [6, 6.07) is 6.69. The minimum atomic E-state index is -0.227. The van der Waals surface area contributed by atoms with Crippen LogP contribution in [0.15, 0.2) is 36.5 Å². The van der Waals surface area contributed by atoms with Gasteiger partial charge in [-0.2, -0.15) is 5.10 Å². The second kappa shape index (κ2) is 6.42. The van der Waals surface area contributed by atoms with Gasteiger partial charge >= 0.3 is 0 Å². The zero-order valence-corrected chi connectivity index (χ0v) is 11.0. The maximum absolute atomic E-state index is 11.6. The van der Waals surface area contributed by atoms with E-state index in [9.17, 15) is 9.90 Å². The minimum absolute atomic E-state index is 0.0347. The molecular weight excluding hydrogens is 258 g/mol. The van der Waals surface area contributed by atoms with Crippen LogP contribution in [0.1, 0.15) is 11.3 Å². The highest BCUT2D eigenvalue weighted by Crippen LogP contribution is 2.26. The fourth-order valence-corrected chi connectivity index (χ4v) is 1.61. The molecular formula is C14H15N3O3. The molecule has 1 amide bonds. The first-order valence-corrected chi connectivity index (χ1v) is 6.00. The third-order valence-corrected chi connectivity index (χ3v) is 2.64. The molecule has 3 N–H and O–H groups in total. The van der Waals surface area contributed by atoms with Gasteiger partial charge in [0, 0.05) is 12.3 Å². The first-order chi connectivity index (χ1) is 9.69. The normalized spacial score (nSPS) is 10.7. The Kier molecular flexibility index (Phi) is 4.39. The zero-order valence-electron chi connectivity index (χ0n) is 11.0. The van der Waals surface area contributed by atoms with Gasteiger partial charge in [-0.15, -0.1) is 0 Å².